The molecule has 1 N–H and O–H groups in total. The van der Waals surface area contributed by atoms with Crippen LogP contribution in [0, 0.1) is 0 Å². The molecule has 0 saturated carbocycles. The molecule has 2 rings (SSSR count). The van der Waals surface area contributed by atoms with Crippen LogP contribution < -0.4 is 0 Å². The molecule has 1 aromatic carbocycles. The highest BCUT2D eigenvalue weighted by molar-refractivity contribution is 5.76. The molecule has 0 aromatic heterocycles. The molecule has 0 radical (unpaired) electrons. The molecule has 1 amide bonds. The highest BCUT2D eigenvalue weighted by Gasteiger charge is 2.26. The van der Waals surface area contributed by atoms with Crippen molar-refractivity contribution in [2.24, 2.45) is 0 Å². The van der Waals surface area contributed by atoms with E-state index in [9.17, 15) is 9.90 Å². The van der Waals surface area contributed by atoms with Gasteiger partial charge in [0.1, 0.15) is 5.75 Å². The smallest absolute Gasteiger partial charge is 0.223 e. The van der Waals surface area contributed by atoms with Crippen LogP contribution in [0.3, 0.4) is 0 Å². The highest BCUT2D eigenvalue weighted by atomic mass is 16.5. The van der Waals surface area contributed by atoms with Gasteiger partial charge < -0.3 is 14.7 Å². The van der Waals surface area contributed by atoms with E-state index in [2.05, 4.69) is 53.7 Å². The molecule has 1 saturated heterocycles. The van der Waals surface area contributed by atoms with Crippen LogP contribution in [0.15, 0.2) is 12.1 Å². The average molecular weight is 347 g/mol. The number of rotatable bonds is 3. The van der Waals surface area contributed by atoms with Crippen molar-refractivity contribution < 1.29 is 14.6 Å². The lowest BCUT2D eigenvalue weighted by atomic mass is 9.78. The van der Waals surface area contributed by atoms with Gasteiger partial charge in [0.15, 0.2) is 0 Å². The van der Waals surface area contributed by atoms with E-state index in [0.29, 0.717) is 44.9 Å². The lowest BCUT2D eigenvalue weighted by molar-refractivity contribution is -0.135. The van der Waals surface area contributed by atoms with Gasteiger partial charge >= 0.3 is 0 Å². The molecular weight excluding hydrogens is 314 g/mol. The monoisotopic (exact) mass is 347 g/mol. The number of benzene rings is 1. The summed E-state index contributed by atoms with van der Waals surface area (Å²) in [6.45, 7) is 15.3. The van der Waals surface area contributed by atoms with Crippen molar-refractivity contribution in [3.05, 3.63) is 28.8 Å². The third kappa shape index (κ3) is 4.97. The highest BCUT2D eigenvalue weighted by Crippen LogP contribution is 2.40. The van der Waals surface area contributed by atoms with Crippen LogP contribution in [0.25, 0.3) is 0 Å². The Bertz CT molecular complexity index is 582. The summed E-state index contributed by atoms with van der Waals surface area (Å²) in [5.74, 6) is 0.578. The minimum atomic E-state index is -0.145. The summed E-state index contributed by atoms with van der Waals surface area (Å²) in [6.07, 6.45) is 1.20. The van der Waals surface area contributed by atoms with E-state index in [-0.39, 0.29) is 16.7 Å². The Morgan fingerprint density at radius 2 is 1.52 bits per heavy atom. The molecule has 0 aliphatic carbocycles. The number of morpholine rings is 1. The summed E-state index contributed by atoms with van der Waals surface area (Å²) >= 11 is 0. The van der Waals surface area contributed by atoms with Gasteiger partial charge in [-0.25, -0.2) is 0 Å². The predicted molar refractivity (Wildman–Crippen MR) is 101 cm³/mol. The van der Waals surface area contributed by atoms with Crippen molar-refractivity contribution in [1.82, 2.24) is 4.90 Å². The lowest BCUT2D eigenvalue weighted by Gasteiger charge is -2.29. The zero-order chi connectivity index (χ0) is 18.8. The molecule has 4 nitrogen and oxygen atoms in total. The number of amides is 1. The normalized spacial score (nSPS) is 16.2. The molecule has 1 fully saturated rings. The predicted octanol–water partition coefficient (Wildman–Crippen LogP) is 3.78. The summed E-state index contributed by atoms with van der Waals surface area (Å²) < 4.78 is 5.31. The maximum atomic E-state index is 12.4. The molecular formula is C21H33NO3. The maximum Gasteiger partial charge on any atom is 0.223 e. The van der Waals surface area contributed by atoms with E-state index in [0.717, 1.165) is 16.7 Å². The van der Waals surface area contributed by atoms with Crippen LogP contribution in [0.4, 0.5) is 0 Å². The van der Waals surface area contributed by atoms with Crippen LogP contribution in [0.2, 0.25) is 0 Å². The van der Waals surface area contributed by atoms with Crippen LogP contribution in [0.5, 0.6) is 5.75 Å². The van der Waals surface area contributed by atoms with Gasteiger partial charge in [-0.3, -0.25) is 4.79 Å². The number of phenols is 1. The molecule has 0 spiro atoms. The number of hydrogen-bond acceptors (Lipinski definition) is 3. The second kappa shape index (κ2) is 7.36. The number of aryl methyl sites for hydroxylation is 1. The fourth-order valence-electron chi connectivity index (χ4n) is 3.20. The van der Waals surface area contributed by atoms with Crippen molar-refractivity contribution >= 4 is 5.91 Å². The second-order valence-corrected chi connectivity index (χ2v) is 9.03. The first-order valence-electron chi connectivity index (χ1n) is 9.22. The molecule has 140 valence electrons. The summed E-state index contributed by atoms with van der Waals surface area (Å²) in [5.41, 5.74) is 2.74. The van der Waals surface area contributed by atoms with Gasteiger partial charge in [0.2, 0.25) is 5.91 Å². The van der Waals surface area contributed by atoms with Crippen molar-refractivity contribution in [3.63, 3.8) is 0 Å². The molecule has 0 bridgehead atoms. The van der Waals surface area contributed by atoms with Crippen LogP contribution >= 0.6 is 0 Å². The van der Waals surface area contributed by atoms with Crippen molar-refractivity contribution in [3.8, 4) is 5.75 Å². The lowest BCUT2D eigenvalue weighted by Crippen LogP contribution is -2.40. The number of aromatic hydroxyl groups is 1. The first-order valence-corrected chi connectivity index (χ1v) is 9.22. The third-order valence-electron chi connectivity index (χ3n) is 4.78. The molecule has 4 heteroatoms. The second-order valence-electron chi connectivity index (χ2n) is 9.03. The molecule has 1 heterocycles. The Kier molecular flexibility index (Phi) is 5.82. The number of phenolic OH excluding ortho intramolecular Hbond substituents is 1. The van der Waals surface area contributed by atoms with Gasteiger partial charge in [0, 0.05) is 19.5 Å². The molecule has 25 heavy (non-hydrogen) atoms. The van der Waals surface area contributed by atoms with Crippen molar-refractivity contribution in [2.75, 3.05) is 26.3 Å². The van der Waals surface area contributed by atoms with Crippen LogP contribution in [0.1, 0.15) is 64.7 Å². The standard InChI is InChI=1S/C21H33NO3/c1-20(2,3)16-13-15(14-17(19(16)24)21(4,5)6)7-8-18(23)22-9-11-25-12-10-22/h13-14,24H,7-12H2,1-6H3. The summed E-state index contributed by atoms with van der Waals surface area (Å²) in [6, 6.07) is 4.13. The SMILES string of the molecule is CC(C)(C)c1cc(CCC(=O)N2CCOCC2)cc(C(C)(C)C)c1O. The Morgan fingerprint density at radius 3 is 1.96 bits per heavy atom. The number of hydrogen-bond donors (Lipinski definition) is 1. The van der Waals surface area contributed by atoms with Crippen LogP contribution in [-0.4, -0.2) is 42.2 Å². The quantitative estimate of drug-likeness (QED) is 0.905. The van der Waals surface area contributed by atoms with E-state index in [1.165, 1.54) is 0 Å². The van der Waals surface area contributed by atoms with E-state index < -0.39 is 0 Å². The first-order chi connectivity index (χ1) is 11.5. The molecule has 0 atom stereocenters. The molecule has 1 aromatic rings. The zero-order valence-corrected chi connectivity index (χ0v) is 16.6. The number of nitrogens with zero attached hydrogens (tertiary/aromatic N) is 1. The first kappa shape index (κ1) is 19.8. The fourth-order valence-corrected chi connectivity index (χ4v) is 3.20. The van der Waals surface area contributed by atoms with Crippen molar-refractivity contribution in [2.45, 2.75) is 65.2 Å². The number of carbonyl (C=O) groups excluding carboxylic acids is 1. The maximum absolute atomic E-state index is 12.4. The minimum absolute atomic E-state index is 0.145. The van der Waals surface area contributed by atoms with Gasteiger partial charge in [-0.15, -0.1) is 0 Å². The van der Waals surface area contributed by atoms with Gasteiger partial charge in [0.05, 0.1) is 13.2 Å². The third-order valence-corrected chi connectivity index (χ3v) is 4.78. The Morgan fingerprint density at radius 1 is 1.04 bits per heavy atom. The summed E-state index contributed by atoms with van der Waals surface area (Å²) in [7, 11) is 0. The Hall–Kier alpha value is -1.55. The van der Waals surface area contributed by atoms with E-state index in [1.54, 1.807) is 0 Å². The topological polar surface area (TPSA) is 49.8 Å². The largest absolute Gasteiger partial charge is 0.507 e. The Balaban J connectivity index is 2.23. The summed E-state index contributed by atoms with van der Waals surface area (Å²) in [4.78, 5) is 14.3. The van der Waals surface area contributed by atoms with Gasteiger partial charge in [-0.1, -0.05) is 53.7 Å². The van der Waals surface area contributed by atoms with Gasteiger partial charge in [0.25, 0.3) is 0 Å². The van der Waals surface area contributed by atoms with Crippen LogP contribution in [-0.2, 0) is 26.8 Å². The summed E-state index contributed by atoms with van der Waals surface area (Å²) in [5, 5.41) is 10.8. The number of ether oxygens (including phenoxy) is 1. The average Bonchev–Trinajstić information content (AvgIpc) is 2.52. The van der Waals surface area contributed by atoms with E-state index >= 15 is 0 Å². The van der Waals surface area contributed by atoms with Crippen molar-refractivity contribution in [1.29, 1.82) is 0 Å². The molecule has 0 unspecified atom stereocenters. The molecule has 1 aliphatic heterocycles. The Labute approximate surface area is 152 Å². The number of carbonyl (C=O) groups is 1. The fraction of sp³-hybridized carbons (Fsp3) is 0.667. The zero-order valence-electron chi connectivity index (χ0n) is 16.6. The van der Waals surface area contributed by atoms with E-state index in [4.69, 9.17) is 4.74 Å². The van der Waals surface area contributed by atoms with Gasteiger partial charge in [-0.2, -0.15) is 0 Å². The minimum Gasteiger partial charge on any atom is -0.507 e. The van der Waals surface area contributed by atoms with E-state index in [1.807, 2.05) is 4.90 Å². The molecule has 1 aliphatic rings. The van der Waals surface area contributed by atoms with Gasteiger partial charge in [-0.05, 0) is 33.9 Å².